The molecule has 2 heterocycles. The molecule has 0 radical (unpaired) electrons. The highest BCUT2D eigenvalue weighted by atomic mass is 79.9. The van der Waals surface area contributed by atoms with Crippen LogP contribution in [0.2, 0.25) is 0 Å². The summed E-state index contributed by atoms with van der Waals surface area (Å²) in [5, 5.41) is 5.08. The molecule has 4 nitrogen and oxygen atoms in total. The Labute approximate surface area is 113 Å². The van der Waals surface area contributed by atoms with Crippen molar-refractivity contribution >= 4 is 27.7 Å². The monoisotopic (exact) mass is 312 g/mol. The van der Waals surface area contributed by atoms with Crippen molar-refractivity contribution in [3.05, 3.63) is 28.9 Å². The van der Waals surface area contributed by atoms with E-state index in [0.717, 1.165) is 33.2 Å². The highest BCUT2D eigenvalue weighted by Gasteiger charge is 2.05. The lowest BCUT2D eigenvalue weighted by Gasteiger charge is -2.02. The summed E-state index contributed by atoms with van der Waals surface area (Å²) in [7, 11) is 1.91. The molecule has 0 amide bonds. The molecule has 0 aromatic carbocycles. The van der Waals surface area contributed by atoms with E-state index in [1.54, 1.807) is 16.4 Å². The second-order valence-electron chi connectivity index (χ2n) is 3.65. The number of halogens is 1. The maximum absolute atomic E-state index is 4.51. The van der Waals surface area contributed by atoms with Crippen molar-refractivity contribution in [1.29, 1.82) is 0 Å². The van der Waals surface area contributed by atoms with E-state index in [9.17, 15) is 0 Å². The maximum Gasteiger partial charge on any atom is 0.130 e. The number of nitrogens with zero attached hydrogens (tertiary/aromatic N) is 4. The van der Waals surface area contributed by atoms with Crippen LogP contribution < -0.4 is 0 Å². The van der Waals surface area contributed by atoms with E-state index < -0.39 is 0 Å². The Hall–Kier alpha value is -0.880. The Bertz CT molecular complexity index is 512. The minimum Gasteiger partial charge on any atom is -0.275 e. The first-order valence-corrected chi connectivity index (χ1v) is 6.98. The number of aromatic nitrogens is 4. The molecule has 0 saturated carbocycles. The van der Waals surface area contributed by atoms with Crippen LogP contribution in [0, 0.1) is 0 Å². The van der Waals surface area contributed by atoms with Crippen LogP contribution in [0.3, 0.4) is 0 Å². The van der Waals surface area contributed by atoms with Gasteiger partial charge in [0.05, 0.1) is 11.1 Å². The minimum absolute atomic E-state index is 0.836. The van der Waals surface area contributed by atoms with Crippen LogP contribution in [0.1, 0.15) is 19.2 Å². The van der Waals surface area contributed by atoms with E-state index in [1.165, 1.54) is 0 Å². The standard InChI is InChI=1S/C11H13BrN4S/c1-3-4-10-14-9(12)5-11(15-10)17-8-6-13-16(2)7-8/h5-7H,3-4H2,1-2H3. The second-order valence-corrected chi connectivity index (χ2v) is 5.55. The van der Waals surface area contributed by atoms with E-state index in [0.29, 0.717) is 0 Å². The molecule has 2 aromatic heterocycles. The maximum atomic E-state index is 4.51. The molecular formula is C11H13BrN4S. The lowest BCUT2D eigenvalue weighted by molar-refractivity contribution is 0.766. The fourth-order valence-corrected chi connectivity index (χ4v) is 2.84. The summed E-state index contributed by atoms with van der Waals surface area (Å²) in [6, 6.07) is 1.93. The van der Waals surface area contributed by atoms with Gasteiger partial charge in [0.15, 0.2) is 0 Å². The molecular weight excluding hydrogens is 300 g/mol. The summed E-state index contributed by atoms with van der Waals surface area (Å²) >= 11 is 5.01. The normalized spacial score (nSPS) is 10.8. The Morgan fingerprint density at radius 2 is 2.24 bits per heavy atom. The van der Waals surface area contributed by atoms with Gasteiger partial charge in [-0.3, -0.25) is 4.68 Å². The first-order valence-electron chi connectivity index (χ1n) is 5.37. The third-order valence-corrected chi connectivity index (χ3v) is 3.37. The first kappa shape index (κ1) is 12.6. The van der Waals surface area contributed by atoms with Gasteiger partial charge in [-0.15, -0.1) is 0 Å². The topological polar surface area (TPSA) is 43.6 Å². The molecule has 0 fully saturated rings. The van der Waals surface area contributed by atoms with Crippen LogP contribution in [-0.4, -0.2) is 19.7 Å². The summed E-state index contributed by atoms with van der Waals surface area (Å²) in [4.78, 5) is 9.94. The number of hydrogen-bond donors (Lipinski definition) is 0. The first-order chi connectivity index (χ1) is 8.17. The third-order valence-electron chi connectivity index (χ3n) is 2.09. The van der Waals surface area contributed by atoms with Gasteiger partial charge >= 0.3 is 0 Å². The Morgan fingerprint density at radius 1 is 1.41 bits per heavy atom. The molecule has 90 valence electrons. The molecule has 2 rings (SSSR count). The van der Waals surface area contributed by atoms with Gasteiger partial charge in [0, 0.05) is 25.7 Å². The van der Waals surface area contributed by atoms with Gasteiger partial charge in [0.2, 0.25) is 0 Å². The van der Waals surface area contributed by atoms with Crippen molar-refractivity contribution < 1.29 is 0 Å². The molecule has 0 unspecified atom stereocenters. The van der Waals surface area contributed by atoms with Crippen molar-refractivity contribution in [2.45, 2.75) is 29.7 Å². The summed E-state index contributed by atoms with van der Waals surface area (Å²) in [5.41, 5.74) is 0. The van der Waals surface area contributed by atoms with E-state index >= 15 is 0 Å². The van der Waals surface area contributed by atoms with Crippen LogP contribution >= 0.6 is 27.7 Å². The summed E-state index contributed by atoms with van der Waals surface area (Å²) < 4.78 is 2.62. The highest BCUT2D eigenvalue weighted by molar-refractivity contribution is 9.10. The van der Waals surface area contributed by atoms with Crippen LogP contribution in [0.5, 0.6) is 0 Å². The minimum atomic E-state index is 0.836. The summed E-state index contributed by atoms with van der Waals surface area (Å²) in [5.74, 6) is 0.883. The third kappa shape index (κ3) is 3.54. The van der Waals surface area contributed by atoms with E-state index in [1.807, 2.05) is 25.5 Å². The quantitative estimate of drug-likeness (QED) is 0.814. The highest BCUT2D eigenvalue weighted by Crippen LogP contribution is 2.27. The fourth-order valence-electron chi connectivity index (χ4n) is 1.40. The molecule has 0 N–H and O–H groups in total. The van der Waals surface area contributed by atoms with Crippen LogP contribution in [0.4, 0.5) is 0 Å². The SMILES string of the molecule is CCCc1nc(Br)cc(Sc2cnn(C)c2)n1. The Balaban J connectivity index is 2.20. The van der Waals surface area contributed by atoms with E-state index in [2.05, 4.69) is 37.9 Å². The summed E-state index contributed by atoms with van der Waals surface area (Å²) in [6.07, 6.45) is 5.76. The van der Waals surface area contributed by atoms with Gasteiger partial charge in [-0.1, -0.05) is 18.7 Å². The molecule has 0 aliphatic heterocycles. The number of aryl methyl sites for hydroxylation is 2. The lowest BCUT2D eigenvalue weighted by Crippen LogP contribution is -1.96. The average Bonchev–Trinajstić information content (AvgIpc) is 2.63. The van der Waals surface area contributed by atoms with Crippen LogP contribution in [0.25, 0.3) is 0 Å². The van der Waals surface area contributed by atoms with Gasteiger partial charge in [0.1, 0.15) is 15.5 Å². The van der Waals surface area contributed by atoms with E-state index in [-0.39, 0.29) is 0 Å². The Kier molecular flexibility index (Phi) is 4.17. The molecule has 0 aliphatic rings. The zero-order valence-electron chi connectivity index (χ0n) is 9.72. The molecule has 2 aromatic rings. The largest absolute Gasteiger partial charge is 0.275 e. The zero-order chi connectivity index (χ0) is 12.3. The predicted molar refractivity (Wildman–Crippen MR) is 71.1 cm³/mol. The predicted octanol–water partition coefficient (Wildman–Crippen LogP) is 3.08. The number of hydrogen-bond acceptors (Lipinski definition) is 4. The van der Waals surface area contributed by atoms with E-state index in [4.69, 9.17) is 0 Å². The average molecular weight is 313 g/mol. The van der Waals surface area contributed by atoms with Crippen molar-refractivity contribution in [2.24, 2.45) is 7.05 Å². The zero-order valence-corrected chi connectivity index (χ0v) is 12.1. The van der Waals surface area contributed by atoms with Gasteiger partial charge in [0.25, 0.3) is 0 Å². The van der Waals surface area contributed by atoms with Crippen molar-refractivity contribution in [2.75, 3.05) is 0 Å². The van der Waals surface area contributed by atoms with Crippen molar-refractivity contribution in [1.82, 2.24) is 19.7 Å². The van der Waals surface area contributed by atoms with Gasteiger partial charge in [-0.25, -0.2) is 9.97 Å². The smallest absolute Gasteiger partial charge is 0.130 e. The number of rotatable bonds is 4. The molecule has 0 saturated heterocycles. The second kappa shape index (κ2) is 5.64. The van der Waals surface area contributed by atoms with Crippen molar-refractivity contribution in [3.8, 4) is 0 Å². The van der Waals surface area contributed by atoms with Gasteiger partial charge < -0.3 is 0 Å². The Morgan fingerprint density at radius 3 is 2.88 bits per heavy atom. The molecule has 0 atom stereocenters. The molecule has 0 aliphatic carbocycles. The summed E-state index contributed by atoms with van der Waals surface area (Å²) in [6.45, 7) is 2.12. The molecule has 0 spiro atoms. The lowest BCUT2D eigenvalue weighted by atomic mass is 10.3. The van der Waals surface area contributed by atoms with Gasteiger partial charge in [-0.05, 0) is 22.4 Å². The molecule has 0 bridgehead atoms. The van der Waals surface area contributed by atoms with Crippen LogP contribution in [-0.2, 0) is 13.5 Å². The molecule has 6 heteroatoms. The van der Waals surface area contributed by atoms with Crippen LogP contribution in [0.15, 0.2) is 33.0 Å². The van der Waals surface area contributed by atoms with Crippen molar-refractivity contribution in [3.63, 3.8) is 0 Å². The molecule has 17 heavy (non-hydrogen) atoms. The van der Waals surface area contributed by atoms with Gasteiger partial charge in [-0.2, -0.15) is 5.10 Å². The fraction of sp³-hybridized carbons (Fsp3) is 0.364.